The first-order valence-corrected chi connectivity index (χ1v) is 12.6. The monoisotopic (exact) mass is 473 g/mol. The summed E-state index contributed by atoms with van der Waals surface area (Å²) < 4.78 is 8.91. The van der Waals surface area contributed by atoms with Crippen molar-refractivity contribution in [2.45, 2.75) is 90.6 Å². The molecular weight excluding hydrogens is 434 g/mol. The van der Waals surface area contributed by atoms with Crippen LogP contribution in [0.3, 0.4) is 0 Å². The predicted molar refractivity (Wildman–Crippen MR) is 133 cm³/mol. The standard InChI is InChI=1S/C23H39N9O2/c1-2-3-15-34-22-27-20(25)19-21(28-22)32(23(33)26-19)17-18-16-31(30-29-18)14-12-10-8-6-4-5-7-9-11-13-24/h16H,2-15,17,24H2,1H3,(H,26,33)(H2,25,27,28). The van der Waals surface area contributed by atoms with Crippen LogP contribution < -0.4 is 21.9 Å². The van der Waals surface area contributed by atoms with Crippen LogP contribution in [0.1, 0.15) is 83.2 Å². The number of anilines is 1. The lowest BCUT2D eigenvalue weighted by Crippen LogP contribution is -2.18. The highest BCUT2D eigenvalue weighted by atomic mass is 16.5. The Morgan fingerprint density at radius 2 is 1.71 bits per heavy atom. The van der Waals surface area contributed by atoms with Gasteiger partial charge in [-0.25, -0.2) is 4.79 Å². The normalized spacial score (nSPS) is 11.5. The molecule has 0 unspecified atom stereocenters. The fraction of sp³-hybridized carbons (Fsp3) is 0.696. The number of nitrogens with one attached hydrogen (secondary N) is 1. The van der Waals surface area contributed by atoms with E-state index >= 15 is 0 Å². The molecule has 0 aliphatic rings. The van der Waals surface area contributed by atoms with E-state index in [2.05, 4.69) is 32.2 Å². The van der Waals surface area contributed by atoms with Gasteiger partial charge in [0.2, 0.25) is 0 Å². The van der Waals surface area contributed by atoms with E-state index < -0.39 is 0 Å². The number of imidazole rings is 1. The number of nitrogens with zero attached hydrogens (tertiary/aromatic N) is 6. The first-order valence-electron chi connectivity index (χ1n) is 12.6. The number of aromatic nitrogens is 7. The Morgan fingerprint density at radius 1 is 1.00 bits per heavy atom. The summed E-state index contributed by atoms with van der Waals surface area (Å²) in [5.74, 6) is 0.187. The number of unbranched alkanes of at least 4 members (excludes halogenated alkanes) is 9. The molecule has 0 fully saturated rings. The molecule has 3 aromatic heterocycles. The average molecular weight is 474 g/mol. The fourth-order valence-electron chi connectivity index (χ4n) is 3.89. The summed E-state index contributed by atoms with van der Waals surface area (Å²) in [6, 6.07) is 0.172. The van der Waals surface area contributed by atoms with E-state index in [9.17, 15) is 4.79 Å². The number of rotatable bonds is 17. The summed E-state index contributed by atoms with van der Waals surface area (Å²) in [5.41, 5.74) is 12.7. The molecule has 0 saturated heterocycles. The molecule has 3 heterocycles. The molecule has 3 rings (SSSR count). The summed E-state index contributed by atoms with van der Waals surface area (Å²) >= 11 is 0. The smallest absolute Gasteiger partial charge is 0.328 e. The molecule has 0 aromatic carbocycles. The van der Waals surface area contributed by atoms with Crippen molar-refractivity contribution in [2.75, 3.05) is 18.9 Å². The van der Waals surface area contributed by atoms with Crippen LogP contribution in [0.25, 0.3) is 11.2 Å². The van der Waals surface area contributed by atoms with E-state index in [4.69, 9.17) is 16.2 Å². The molecular formula is C23H39N9O2. The van der Waals surface area contributed by atoms with Crippen molar-refractivity contribution in [3.8, 4) is 6.01 Å². The van der Waals surface area contributed by atoms with E-state index in [1.165, 1.54) is 49.5 Å². The van der Waals surface area contributed by atoms with Gasteiger partial charge >= 0.3 is 11.7 Å². The van der Waals surface area contributed by atoms with E-state index in [1.54, 1.807) is 0 Å². The minimum absolute atomic E-state index is 0.172. The zero-order chi connectivity index (χ0) is 24.2. The Morgan fingerprint density at radius 3 is 2.41 bits per heavy atom. The Hall–Kier alpha value is -2.95. The molecule has 0 amide bonds. The molecule has 5 N–H and O–H groups in total. The van der Waals surface area contributed by atoms with Crippen molar-refractivity contribution in [3.05, 3.63) is 22.4 Å². The largest absolute Gasteiger partial charge is 0.463 e. The predicted octanol–water partition coefficient (Wildman–Crippen LogP) is 2.99. The zero-order valence-electron chi connectivity index (χ0n) is 20.3. The molecule has 0 bridgehead atoms. The van der Waals surface area contributed by atoms with Crippen molar-refractivity contribution in [1.29, 1.82) is 0 Å². The SMILES string of the molecule is CCCCOc1nc(N)c2[nH]c(=O)n(Cc3cn(CCCCCCCCCCCN)nn3)c2n1. The summed E-state index contributed by atoms with van der Waals surface area (Å²) in [4.78, 5) is 23.8. The third-order valence-corrected chi connectivity index (χ3v) is 5.86. The van der Waals surface area contributed by atoms with Gasteiger partial charge in [-0.1, -0.05) is 63.5 Å². The minimum atomic E-state index is -0.320. The van der Waals surface area contributed by atoms with Gasteiger partial charge < -0.3 is 21.2 Å². The van der Waals surface area contributed by atoms with E-state index in [-0.39, 0.29) is 24.1 Å². The van der Waals surface area contributed by atoms with Gasteiger partial charge in [0.1, 0.15) is 11.2 Å². The summed E-state index contributed by atoms with van der Waals surface area (Å²) in [6.07, 6.45) is 14.8. The molecule has 0 aliphatic heterocycles. The third-order valence-electron chi connectivity index (χ3n) is 5.86. The lowest BCUT2D eigenvalue weighted by molar-refractivity contribution is 0.286. The molecule has 0 radical (unpaired) electrons. The zero-order valence-corrected chi connectivity index (χ0v) is 20.3. The number of hydrogen-bond acceptors (Lipinski definition) is 8. The second-order valence-electron chi connectivity index (χ2n) is 8.75. The first-order chi connectivity index (χ1) is 16.6. The van der Waals surface area contributed by atoms with Crippen molar-refractivity contribution in [1.82, 2.24) is 34.5 Å². The van der Waals surface area contributed by atoms with E-state index in [1.807, 2.05) is 10.9 Å². The molecule has 11 heteroatoms. The lowest BCUT2D eigenvalue weighted by Gasteiger charge is -2.05. The molecule has 11 nitrogen and oxygen atoms in total. The molecule has 0 atom stereocenters. The average Bonchev–Trinajstić information content (AvgIpc) is 3.40. The van der Waals surface area contributed by atoms with E-state index in [0.29, 0.717) is 23.5 Å². The van der Waals surface area contributed by atoms with Crippen LogP contribution in [0.4, 0.5) is 5.82 Å². The van der Waals surface area contributed by atoms with Crippen LogP contribution in [0.5, 0.6) is 6.01 Å². The second kappa shape index (κ2) is 13.7. The van der Waals surface area contributed by atoms with E-state index in [0.717, 1.165) is 38.8 Å². The number of H-pyrrole nitrogens is 1. The molecule has 3 aromatic rings. The minimum Gasteiger partial charge on any atom is -0.463 e. The van der Waals surface area contributed by atoms with Gasteiger partial charge in [0, 0.05) is 6.54 Å². The van der Waals surface area contributed by atoms with Crippen LogP contribution in [-0.4, -0.2) is 47.7 Å². The van der Waals surface area contributed by atoms with Crippen LogP contribution >= 0.6 is 0 Å². The van der Waals surface area contributed by atoms with Gasteiger partial charge in [0.15, 0.2) is 11.5 Å². The van der Waals surface area contributed by atoms with Crippen LogP contribution in [0.15, 0.2) is 11.0 Å². The van der Waals surface area contributed by atoms with Gasteiger partial charge in [-0.2, -0.15) is 9.97 Å². The maximum Gasteiger partial charge on any atom is 0.328 e. The van der Waals surface area contributed by atoms with Gasteiger partial charge in [0.25, 0.3) is 0 Å². The highest BCUT2D eigenvalue weighted by Gasteiger charge is 2.16. The van der Waals surface area contributed by atoms with Gasteiger partial charge in [0.05, 0.1) is 19.3 Å². The Bertz CT molecular complexity index is 1060. The Balaban J connectivity index is 1.49. The number of nitrogen functional groups attached to an aromatic ring is 1. The first kappa shape index (κ1) is 25.7. The number of nitrogens with two attached hydrogens (primary N) is 2. The Kier molecular flexibility index (Phi) is 10.3. The van der Waals surface area contributed by atoms with Crippen molar-refractivity contribution in [3.63, 3.8) is 0 Å². The number of ether oxygens (including phenoxy) is 1. The summed E-state index contributed by atoms with van der Waals surface area (Å²) in [6.45, 7) is 4.44. The Labute approximate surface area is 200 Å². The van der Waals surface area contributed by atoms with Gasteiger partial charge in [-0.15, -0.1) is 5.10 Å². The second-order valence-corrected chi connectivity index (χ2v) is 8.75. The molecule has 188 valence electrons. The quantitative estimate of drug-likeness (QED) is 0.253. The van der Waals surface area contributed by atoms with Gasteiger partial charge in [-0.05, 0) is 25.8 Å². The van der Waals surface area contributed by atoms with Crippen molar-refractivity contribution < 1.29 is 4.74 Å². The third kappa shape index (κ3) is 7.54. The maximum atomic E-state index is 12.5. The van der Waals surface area contributed by atoms with Crippen LogP contribution in [-0.2, 0) is 13.1 Å². The molecule has 0 aliphatic carbocycles. The van der Waals surface area contributed by atoms with Crippen molar-refractivity contribution >= 4 is 17.0 Å². The topological polar surface area (TPSA) is 156 Å². The molecule has 0 saturated carbocycles. The molecule has 0 spiro atoms. The fourth-order valence-corrected chi connectivity index (χ4v) is 3.89. The van der Waals surface area contributed by atoms with Crippen LogP contribution in [0, 0.1) is 0 Å². The van der Waals surface area contributed by atoms with Gasteiger partial charge in [-0.3, -0.25) is 9.25 Å². The highest BCUT2D eigenvalue weighted by Crippen LogP contribution is 2.18. The maximum absolute atomic E-state index is 12.5. The number of hydrogen-bond donors (Lipinski definition) is 3. The highest BCUT2D eigenvalue weighted by molar-refractivity contribution is 5.81. The summed E-state index contributed by atoms with van der Waals surface area (Å²) in [7, 11) is 0. The number of aromatic amines is 1. The number of aryl methyl sites for hydroxylation is 1. The van der Waals surface area contributed by atoms with Crippen molar-refractivity contribution in [2.24, 2.45) is 5.73 Å². The molecule has 34 heavy (non-hydrogen) atoms. The summed E-state index contributed by atoms with van der Waals surface area (Å²) in [5, 5.41) is 8.45. The van der Waals surface area contributed by atoms with Crippen LogP contribution in [0.2, 0.25) is 0 Å². The lowest BCUT2D eigenvalue weighted by atomic mass is 10.1. The number of fused-ring (bicyclic) bond motifs is 1.